The number of aliphatic hydroxyl groups is 1. The molecule has 1 fully saturated rings. The number of nitrogens with zero attached hydrogens (tertiary/aromatic N) is 3. The van der Waals surface area contributed by atoms with Gasteiger partial charge < -0.3 is 5.11 Å². The van der Waals surface area contributed by atoms with E-state index in [1.807, 2.05) is 43.5 Å². The Morgan fingerprint density at radius 1 is 1.12 bits per heavy atom. The van der Waals surface area contributed by atoms with Gasteiger partial charge >= 0.3 is 0 Å². The monoisotopic (exact) mass is 367 g/mol. The zero-order valence-corrected chi connectivity index (χ0v) is 15.6. The fourth-order valence-electron chi connectivity index (χ4n) is 3.64. The van der Waals surface area contributed by atoms with Crippen LogP contribution >= 0.6 is 11.6 Å². The highest BCUT2D eigenvalue weighted by Crippen LogP contribution is 2.34. The highest BCUT2D eigenvalue weighted by Gasteiger charge is 2.34. The average molecular weight is 368 g/mol. The van der Waals surface area contributed by atoms with Gasteiger partial charge in [-0.3, -0.25) is 9.88 Å². The number of likely N-dealkylation sites (tertiary alicyclic amines) is 1. The largest absolute Gasteiger partial charge is 0.385 e. The van der Waals surface area contributed by atoms with Gasteiger partial charge in [0.2, 0.25) is 0 Å². The molecule has 1 saturated heterocycles. The Labute approximate surface area is 158 Å². The van der Waals surface area contributed by atoms with E-state index in [0.717, 1.165) is 60.2 Å². The summed E-state index contributed by atoms with van der Waals surface area (Å²) in [5, 5.41) is 12.8. The number of piperidine rings is 1. The predicted molar refractivity (Wildman–Crippen MR) is 104 cm³/mol. The summed E-state index contributed by atoms with van der Waals surface area (Å²) in [7, 11) is 0. The second kappa shape index (κ2) is 6.95. The molecule has 1 N–H and O–H groups in total. The van der Waals surface area contributed by atoms with Crippen LogP contribution in [0.3, 0.4) is 0 Å². The molecule has 3 aromatic rings. The molecule has 134 valence electrons. The van der Waals surface area contributed by atoms with Crippen LogP contribution in [0.25, 0.3) is 10.9 Å². The van der Waals surface area contributed by atoms with Gasteiger partial charge in [0, 0.05) is 36.9 Å². The number of benzene rings is 1. The molecule has 0 unspecified atom stereocenters. The van der Waals surface area contributed by atoms with E-state index in [4.69, 9.17) is 11.6 Å². The molecule has 0 spiro atoms. The van der Waals surface area contributed by atoms with Crippen LogP contribution in [0.15, 0.2) is 48.7 Å². The molecule has 26 heavy (non-hydrogen) atoms. The van der Waals surface area contributed by atoms with E-state index in [0.29, 0.717) is 5.15 Å². The van der Waals surface area contributed by atoms with Crippen molar-refractivity contribution >= 4 is 22.5 Å². The van der Waals surface area contributed by atoms with Crippen LogP contribution < -0.4 is 0 Å². The first kappa shape index (κ1) is 17.4. The molecule has 4 rings (SSSR count). The van der Waals surface area contributed by atoms with Crippen LogP contribution in [0, 0.1) is 6.92 Å². The van der Waals surface area contributed by atoms with Gasteiger partial charge in [0.1, 0.15) is 5.15 Å². The maximum absolute atomic E-state index is 11.2. The Kier molecular flexibility index (Phi) is 4.65. The highest BCUT2D eigenvalue weighted by atomic mass is 35.5. The Hall–Kier alpha value is -2.01. The van der Waals surface area contributed by atoms with Gasteiger partial charge in [-0.25, -0.2) is 4.98 Å². The van der Waals surface area contributed by atoms with Crippen molar-refractivity contribution in [3.05, 3.63) is 70.6 Å². The molecule has 0 bridgehead atoms. The van der Waals surface area contributed by atoms with Crippen molar-refractivity contribution in [3.8, 4) is 0 Å². The normalized spacial score (nSPS) is 17.5. The Balaban J connectivity index is 1.47. The van der Waals surface area contributed by atoms with Crippen molar-refractivity contribution in [2.45, 2.75) is 31.9 Å². The van der Waals surface area contributed by atoms with Crippen LogP contribution in [0.4, 0.5) is 0 Å². The fraction of sp³-hybridized carbons (Fsp3) is 0.333. The van der Waals surface area contributed by atoms with Crippen LogP contribution in [0.2, 0.25) is 5.15 Å². The van der Waals surface area contributed by atoms with E-state index < -0.39 is 5.60 Å². The highest BCUT2D eigenvalue weighted by molar-refractivity contribution is 6.29. The quantitative estimate of drug-likeness (QED) is 0.709. The van der Waals surface area contributed by atoms with E-state index in [2.05, 4.69) is 27.0 Å². The van der Waals surface area contributed by atoms with Gasteiger partial charge in [0.15, 0.2) is 0 Å². The molecule has 5 heteroatoms. The van der Waals surface area contributed by atoms with Crippen LogP contribution in [-0.4, -0.2) is 33.1 Å². The minimum absolute atomic E-state index is 0.516. The van der Waals surface area contributed by atoms with Crippen molar-refractivity contribution in [3.63, 3.8) is 0 Å². The summed E-state index contributed by atoms with van der Waals surface area (Å²) in [6, 6.07) is 14.0. The number of pyridine rings is 2. The maximum Gasteiger partial charge on any atom is 0.129 e. The molecule has 0 atom stereocenters. The fourth-order valence-corrected chi connectivity index (χ4v) is 3.76. The number of hydrogen-bond acceptors (Lipinski definition) is 4. The smallest absolute Gasteiger partial charge is 0.129 e. The molecule has 3 heterocycles. The third kappa shape index (κ3) is 3.58. The first-order valence-electron chi connectivity index (χ1n) is 8.95. The molecule has 1 aromatic carbocycles. The SMILES string of the molecule is Cc1ccc2cc(C3(O)CCN(Cc4ccc(Cl)nc4)CC3)ccc2n1. The lowest BCUT2D eigenvalue weighted by atomic mass is 9.84. The van der Waals surface area contributed by atoms with Gasteiger partial charge in [-0.15, -0.1) is 0 Å². The number of rotatable bonds is 3. The summed E-state index contributed by atoms with van der Waals surface area (Å²) < 4.78 is 0. The lowest BCUT2D eigenvalue weighted by Gasteiger charge is -2.38. The predicted octanol–water partition coefficient (Wildman–Crippen LogP) is 4.08. The van der Waals surface area contributed by atoms with E-state index in [1.165, 1.54) is 0 Å². The number of fused-ring (bicyclic) bond motifs is 1. The van der Waals surface area contributed by atoms with Gasteiger partial charge in [-0.05, 0) is 55.2 Å². The molecule has 1 aliphatic rings. The third-order valence-corrected chi connectivity index (χ3v) is 5.47. The van der Waals surface area contributed by atoms with E-state index >= 15 is 0 Å². The maximum atomic E-state index is 11.2. The molecule has 0 radical (unpaired) electrons. The molecule has 0 saturated carbocycles. The summed E-state index contributed by atoms with van der Waals surface area (Å²) in [5.41, 5.74) is 3.35. The van der Waals surface area contributed by atoms with Gasteiger partial charge in [-0.2, -0.15) is 0 Å². The zero-order chi connectivity index (χ0) is 18.1. The molecule has 2 aromatic heterocycles. The van der Waals surface area contributed by atoms with Crippen molar-refractivity contribution in [2.24, 2.45) is 0 Å². The third-order valence-electron chi connectivity index (χ3n) is 5.24. The molecule has 1 aliphatic heterocycles. The Bertz CT molecular complexity index is 918. The molecule has 0 amide bonds. The Morgan fingerprint density at radius 3 is 2.65 bits per heavy atom. The standard InChI is InChI=1S/C21H22ClN3O/c1-15-2-4-17-12-18(5-6-19(17)24-15)21(26)8-10-25(11-9-21)14-16-3-7-20(22)23-13-16/h2-7,12-13,26H,8-11,14H2,1H3. The zero-order valence-electron chi connectivity index (χ0n) is 14.8. The second-order valence-electron chi connectivity index (χ2n) is 7.16. The average Bonchev–Trinajstić information content (AvgIpc) is 2.65. The van der Waals surface area contributed by atoms with Crippen molar-refractivity contribution < 1.29 is 5.11 Å². The minimum atomic E-state index is -0.770. The van der Waals surface area contributed by atoms with E-state index in [-0.39, 0.29) is 0 Å². The van der Waals surface area contributed by atoms with Crippen molar-refractivity contribution in [1.82, 2.24) is 14.9 Å². The molecular weight excluding hydrogens is 346 g/mol. The second-order valence-corrected chi connectivity index (χ2v) is 7.54. The first-order chi connectivity index (χ1) is 12.5. The van der Waals surface area contributed by atoms with Crippen molar-refractivity contribution in [2.75, 3.05) is 13.1 Å². The first-order valence-corrected chi connectivity index (χ1v) is 9.33. The van der Waals surface area contributed by atoms with Crippen LogP contribution in [0.1, 0.15) is 29.7 Å². The van der Waals surface area contributed by atoms with Crippen LogP contribution in [-0.2, 0) is 12.1 Å². The molecule has 4 nitrogen and oxygen atoms in total. The van der Waals surface area contributed by atoms with Gasteiger partial charge in [0.25, 0.3) is 0 Å². The summed E-state index contributed by atoms with van der Waals surface area (Å²) in [5.74, 6) is 0. The van der Waals surface area contributed by atoms with Crippen LogP contribution in [0.5, 0.6) is 0 Å². The number of aromatic nitrogens is 2. The van der Waals surface area contributed by atoms with Crippen molar-refractivity contribution in [1.29, 1.82) is 0 Å². The number of hydrogen-bond donors (Lipinski definition) is 1. The summed E-state index contributed by atoms with van der Waals surface area (Å²) in [6.45, 7) is 4.53. The summed E-state index contributed by atoms with van der Waals surface area (Å²) >= 11 is 5.85. The number of halogens is 1. The lowest BCUT2D eigenvalue weighted by molar-refractivity contribution is -0.0276. The lowest BCUT2D eigenvalue weighted by Crippen LogP contribution is -2.42. The van der Waals surface area contributed by atoms with Gasteiger partial charge in [0.05, 0.1) is 11.1 Å². The Morgan fingerprint density at radius 2 is 1.92 bits per heavy atom. The summed E-state index contributed by atoms with van der Waals surface area (Å²) in [6.07, 6.45) is 3.26. The molecular formula is C21H22ClN3O. The number of aryl methyl sites for hydroxylation is 1. The van der Waals surface area contributed by atoms with Gasteiger partial charge in [-0.1, -0.05) is 29.8 Å². The van der Waals surface area contributed by atoms with E-state index in [1.54, 1.807) is 0 Å². The summed E-state index contributed by atoms with van der Waals surface area (Å²) in [4.78, 5) is 11.0. The molecule has 0 aliphatic carbocycles. The van der Waals surface area contributed by atoms with E-state index in [9.17, 15) is 5.11 Å². The topological polar surface area (TPSA) is 49.2 Å². The minimum Gasteiger partial charge on any atom is -0.385 e.